The Labute approximate surface area is 205 Å². The smallest absolute Gasteiger partial charge is 0.485 e. The van der Waals surface area contributed by atoms with Crippen molar-refractivity contribution in [1.29, 1.82) is 0 Å². The molecular weight excluding hydrogens is 469 g/mol. The fourth-order valence-electron chi connectivity index (χ4n) is 3.16. The first-order valence-corrected chi connectivity index (χ1v) is 12.7. The van der Waals surface area contributed by atoms with Gasteiger partial charge in [-0.25, -0.2) is 9.36 Å². The fourth-order valence-corrected chi connectivity index (χ4v) is 3.94. The van der Waals surface area contributed by atoms with Crippen LogP contribution in [0.15, 0.2) is 78.9 Å². The van der Waals surface area contributed by atoms with Gasteiger partial charge in [0, 0.05) is 13.6 Å². The van der Waals surface area contributed by atoms with Gasteiger partial charge < -0.3 is 18.9 Å². The Hall–Kier alpha value is -3.32. The molecule has 1 atom stereocenters. The minimum atomic E-state index is -4.28. The molecule has 1 amide bonds. The fraction of sp³-hybridized carbons (Fsp3) is 0.269. The number of rotatable bonds is 12. The second kappa shape index (κ2) is 13.0. The minimum absolute atomic E-state index is 0.0266. The van der Waals surface area contributed by atoms with Crippen LogP contribution in [-0.2, 0) is 33.5 Å². The van der Waals surface area contributed by atoms with Crippen LogP contribution in [0.2, 0.25) is 0 Å². The molecule has 0 radical (unpaired) electrons. The maximum absolute atomic E-state index is 12.3. The molecule has 0 heterocycles. The van der Waals surface area contributed by atoms with Crippen LogP contribution in [-0.4, -0.2) is 36.1 Å². The number of benzene rings is 3. The largest absolute Gasteiger partial charge is 0.527 e. The number of phosphoric ester groups is 1. The molecule has 3 rings (SSSR count). The number of amides is 1. The van der Waals surface area contributed by atoms with Gasteiger partial charge >= 0.3 is 13.9 Å². The molecule has 3 aromatic carbocycles. The van der Waals surface area contributed by atoms with E-state index < -0.39 is 13.9 Å². The van der Waals surface area contributed by atoms with Crippen molar-refractivity contribution in [3.63, 3.8) is 0 Å². The maximum atomic E-state index is 12.3. The molecule has 0 spiro atoms. The van der Waals surface area contributed by atoms with Gasteiger partial charge in [0.05, 0.1) is 6.61 Å². The van der Waals surface area contributed by atoms with Gasteiger partial charge in [0.2, 0.25) is 0 Å². The lowest BCUT2D eigenvalue weighted by molar-refractivity contribution is 0.105. The van der Waals surface area contributed by atoms with Crippen molar-refractivity contribution >= 4 is 13.9 Å². The first-order chi connectivity index (χ1) is 16.9. The Morgan fingerprint density at radius 3 is 2.14 bits per heavy atom. The van der Waals surface area contributed by atoms with Crippen molar-refractivity contribution in [2.75, 3.05) is 20.2 Å². The molecule has 186 valence electrons. The predicted octanol–water partition coefficient (Wildman–Crippen LogP) is 5.59. The van der Waals surface area contributed by atoms with E-state index in [0.29, 0.717) is 18.7 Å². The summed E-state index contributed by atoms with van der Waals surface area (Å²) >= 11 is 0. The molecule has 9 heteroatoms. The van der Waals surface area contributed by atoms with E-state index in [4.69, 9.17) is 18.5 Å². The van der Waals surface area contributed by atoms with Crippen molar-refractivity contribution in [2.45, 2.75) is 26.6 Å². The Morgan fingerprint density at radius 1 is 0.886 bits per heavy atom. The van der Waals surface area contributed by atoms with E-state index in [2.05, 4.69) is 0 Å². The summed E-state index contributed by atoms with van der Waals surface area (Å²) in [6, 6.07) is 24.0. The quantitative estimate of drug-likeness (QED) is 0.325. The highest BCUT2D eigenvalue weighted by molar-refractivity contribution is 7.47. The van der Waals surface area contributed by atoms with Crippen LogP contribution in [0.3, 0.4) is 0 Å². The van der Waals surface area contributed by atoms with Gasteiger partial charge in [-0.1, -0.05) is 66.7 Å². The lowest BCUT2D eigenvalue weighted by atomic mass is 10.1. The summed E-state index contributed by atoms with van der Waals surface area (Å²) in [4.78, 5) is 23.7. The zero-order valence-electron chi connectivity index (χ0n) is 19.8. The molecule has 0 aliphatic rings. The van der Waals surface area contributed by atoms with Crippen LogP contribution in [0.25, 0.3) is 0 Å². The molecule has 0 aliphatic heterocycles. The Bertz CT molecular complexity index is 1130. The van der Waals surface area contributed by atoms with Gasteiger partial charge in [-0.3, -0.25) is 9.42 Å². The Morgan fingerprint density at radius 2 is 1.51 bits per heavy atom. The number of carbonyl (C=O) groups is 1. The molecule has 0 saturated carbocycles. The first-order valence-electron chi connectivity index (χ1n) is 11.2. The van der Waals surface area contributed by atoms with E-state index in [1.54, 1.807) is 32.2 Å². The standard InChI is InChI=1S/C26H30NO7P/c1-3-33-35(29,30)34-24-15-14-21(18-25(24)31-19-22-10-6-4-7-11-22)16-17-27(2)26(28)32-20-23-12-8-5-9-13-23/h4-15,18H,3,16-17,19-20H2,1-2H3,(H,29,30). The monoisotopic (exact) mass is 499 g/mol. The van der Waals surface area contributed by atoms with Crippen LogP contribution in [0.5, 0.6) is 11.5 Å². The number of ether oxygens (including phenoxy) is 2. The molecule has 0 saturated heterocycles. The first kappa shape index (κ1) is 26.3. The highest BCUT2D eigenvalue weighted by Gasteiger charge is 2.24. The molecule has 35 heavy (non-hydrogen) atoms. The van der Waals surface area contributed by atoms with Gasteiger partial charge in [0.1, 0.15) is 13.2 Å². The Kier molecular flexibility index (Phi) is 9.73. The van der Waals surface area contributed by atoms with Crippen LogP contribution in [0.1, 0.15) is 23.6 Å². The van der Waals surface area contributed by atoms with Crippen LogP contribution >= 0.6 is 7.82 Å². The number of phosphoric acid groups is 1. The van der Waals surface area contributed by atoms with Gasteiger partial charge in [-0.2, -0.15) is 0 Å². The number of hydrogen-bond donors (Lipinski definition) is 1. The highest BCUT2D eigenvalue weighted by atomic mass is 31.2. The summed E-state index contributed by atoms with van der Waals surface area (Å²) < 4.78 is 33.5. The lowest BCUT2D eigenvalue weighted by Gasteiger charge is -2.19. The third kappa shape index (κ3) is 8.76. The summed E-state index contributed by atoms with van der Waals surface area (Å²) in [5.41, 5.74) is 2.70. The van der Waals surface area contributed by atoms with Crippen LogP contribution in [0, 0.1) is 0 Å². The molecular formula is C26H30NO7P. The lowest BCUT2D eigenvalue weighted by Crippen LogP contribution is -2.29. The minimum Gasteiger partial charge on any atom is -0.485 e. The molecule has 0 bridgehead atoms. The second-order valence-electron chi connectivity index (χ2n) is 7.74. The zero-order chi connectivity index (χ0) is 25.1. The molecule has 0 aromatic heterocycles. The van der Waals surface area contributed by atoms with Crippen molar-refractivity contribution in [2.24, 2.45) is 0 Å². The van der Waals surface area contributed by atoms with Gasteiger partial charge in [0.25, 0.3) is 0 Å². The number of hydrogen-bond acceptors (Lipinski definition) is 6. The number of likely N-dealkylation sites (N-methyl/N-ethyl adjacent to an activating group) is 1. The maximum Gasteiger partial charge on any atom is 0.527 e. The van der Waals surface area contributed by atoms with Crippen molar-refractivity contribution in [3.05, 3.63) is 95.6 Å². The molecule has 8 nitrogen and oxygen atoms in total. The van der Waals surface area contributed by atoms with Gasteiger partial charge in [-0.15, -0.1) is 0 Å². The number of nitrogens with zero attached hydrogens (tertiary/aromatic N) is 1. The summed E-state index contributed by atoms with van der Waals surface area (Å²) in [5.74, 6) is 0.397. The van der Waals surface area contributed by atoms with E-state index >= 15 is 0 Å². The van der Waals surface area contributed by atoms with E-state index in [1.165, 1.54) is 4.90 Å². The van der Waals surface area contributed by atoms with Crippen molar-refractivity contribution in [1.82, 2.24) is 4.90 Å². The van der Waals surface area contributed by atoms with Crippen LogP contribution < -0.4 is 9.26 Å². The predicted molar refractivity (Wildman–Crippen MR) is 132 cm³/mol. The third-order valence-electron chi connectivity index (χ3n) is 5.00. The molecule has 1 N–H and O–H groups in total. The summed E-state index contributed by atoms with van der Waals surface area (Å²) in [6.45, 7) is 2.48. The molecule has 0 aliphatic carbocycles. The van der Waals surface area contributed by atoms with E-state index in [-0.39, 0.29) is 25.6 Å². The number of carbonyl (C=O) groups excluding carboxylic acids is 1. The molecule has 0 fully saturated rings. The SMILES string of the molecule is CCOP(=O)(O)Oc1ccc(CCN(C)C(=O)OCc2ccccc2)cc1OCc1ccccc1. The second-order valence-corrected chi connectivity index (χ2v) is 9.12. The average Bonchev–Trinajstić information content (AvgIpc) is 2.86. The van der Waals surface area contributed by atoms with Crippen molar-refractivity contribution in [3.8, 4) is 11.5 Å². The average molecular weight is 500 g/mol. The highest BCUT2D eigenvalue weighted by Crippen LogP contribution is 2.46. The van der Waals surface area contributed by atoms with Gasteiger partial charge in [0.15, 0.2) is 11.5 Å². The van der Waals surface area contributed by atoms with Crippen LogP contribution in [0.4, 0.5) is 4.79 Å². The van der Waals surface area contributed by atoms with E-state index in [1.807, 2.05) is 60.7 Å². The van der Waals surface area contributed by atoms with Crippen molar-refractivity contribution < 1.29 is 32.8 Å². The Balaban J connectivity index is 1.64. The summed E-state index contributed by atoms with van der Waals surface area (Å²) in [6.07, 6.45) is 0.0912. The summed E-state index contributed by atoms with van der Waals surface area (Å²) in [7, 11) is -2.61. The normalized spacial score (nSPS) is 12.4. The van der Waals surface area contributed by atoms with E-state index in [9.17, 15) is 14.3 Å². The molecule has 1 unspecified atom stereocenters. The zero-order valence-corrected chi connectivity index (χ0v) is 20.7. The van der Waals surface area contributed by atoms with Gasteiger partial charge in [-0.05, 0) is 42.2 Å². The topological polar surface area (TPSA) is 94.5 Å². The molecule has 3 aromatic rings. The third-order valence-corrected chi connectivity index (χ3v) is 6.02. The van der Waals surface area contributed by atoms with E-state index in [0.717, 1.165) is 16.7 Å². The summed E-state index contributed by atoms with van der Waals surface area (Å²) in [5, 5.41) is 0.